The van der Waals surface area contributed by atoms with Gasteiger partial charge in [0.05, 0.1) is 11.6 Å². The van der Waals surface area contributed by atoms with Gasteiger partial charge in [0.1, 0.15) is 21.9 Å². The first-order valence-corrected chi connectivity index (χ1v) is 8.92. The molecule has 24 heavy (non-hydrogen) atoms. The third-order valence-corrected chi connectivity index (χ3v) is 5.57. The number of halogens is 3. The molecule has 10 heteroatoms. The molecular formula is C14H10Cl2FN3O3S. The van der Waals surface area contributed by atoms with Gasteiger partial charge in [0, 0.05) is 11.9 Å². The van der Waals surface area contributed by atoms with Crippen molar-refractivity contribution < 1.29 is 17.6 Å². The summed E-state index contributed by atoms with van der Waals surface area (Å²) >= 11 is 11.4. The zero-order valence-electron chi connectivity index (χ0n) is 11.9. The molecule has 1 amide bonds. The Balaban J connectivity index is 1.72. The van der Waals surface area contributed by atoms with Crippen LogP contribution in [0.1, 0.15) is 0 Å². The van der Waals surface area contributed by atoms with E-state index in [1.165, 1.54) is 29.2 Å². The van der Waals surface area contributed by atoms with Crippen LogP contribution in [0.25, 0.3) is 0 Å². The molecule has 2 heterocycles. The maximum Gasteiger partial charge on any atom is 0.247 e. The molecule has 1 N–H and O–H groups in total. The lowest BCUT2D eigenvalue weighted by Gasteiger charge is -2.38. The van der Waals surface area contributed by atoms with E-state index < -0.39 is 27.8 Å². The van der Waals surface area contributed by atoms with Crippen molar-refractivity contribution in [1.29, 1.82) is 0 Å². The average molecular weight is 390 g/mol. The minimum atomic E-state index is -3.97. The van der Waals surface area contributed by atoms with Gasteiger partial charge in [-0.15, -0.1) is 0 Å². The van der Waals surface area contributed by atoms with Crippen molar-refractivity contribution in [3.05, 3.63) is 52.5 Å². The van der Waals surface area contributed by atoms with Gasteiger partial charge in [0.2, 0.25) is 15.9 Å². The standard InChI is InChI=1S/C14H10Cl2FN3O3S/c15-11-5-10(6-18-13(11)16)24(22,23)19-12-7-20(14(12)21)9-3-1-8(17)2-4-9/h1-6,12,19H,7H2/t12-/m1/s1. The van der Waals surface area contributed by atoms with Gasteiger partial charge in [-0.2, -0.15) is 4.72 Å². The van der Waals surface area contributed by atoms with E-state index in [4.69, 9.17) is 23.2 Å². The highest BCUT2D eigenvalue weighted by atomic mass is 35.5. The number of hydrogen-bond donors (Lipinski definition) is 1. The molecule has 1 aromatic carbocycles. The lowest BCUT2D eigenvalue weighted by atomic mass is 10.1. The van der Waals surface area contributed by atoms with Crippen LogP contribution in [0.5, 0.6) is 0 Å². The molecule has 1 fully saturated rings. The molecule has 1 aliphatic heterocycles. The fraction of sp³-hybridized carbons (Fsp3) is 0.143. The summed E-state index contributed by atoms with van der Waals surface area (Å²) < 4.78 is 39.7. The first kappa shape index (κ1) is 17.1. The van der Waals surface area contributed by atoms with E-state index >= 15 is 0 Å². The topological polar surface area (TPSA) is 79.4 Å². The smallest absolute Gasteiger partial charge is 0.247 e. The Labute approximate surface area is 147 Å². The van der Waals surface area contributed by atoms with Crippen LogP contribution in [0, 0.1) is 5.82 Å². The molecule has 1 aromatic heterocycles. The molecule has 0 unspecified atom stereocenters. The molecule has 0 radical (unpaired) electrons. The fourth-order valence-corrected chi connectivity index (χ4v) is 3.66. The van der Waals surface area contributed by atoms with Gasteiger partial charge < -0.3 is 4.90 Å². The van der Waals surface area contributed by atoms with Crippen molar-refractivity contribution >= 4 is 44.8 Å². The molecule has 0 saturated carbocycles. The Bertz CT molecular complexity index is 906. The van der Waals surface area contributed by atoms with Gasteiger partial charge in [0.15, 0.2) is 0 Å². The summed E-state index contributed by atoms with van der Waals surface area (Å²) in [6.07, 6.45) is 1.05. The third-order valence-electron chi connectivity index (χ3n) is 3.45. The summed E-state index contributed by atoms with van der Waals surface area (Å²) in [7, 11) is -3.97. The number of anilines is 1. The summed E-state index contributed by atoms with van der Waals surface area (Å²) in [5.74, 6) is -0.853. The predicted molar refractivity (Wildman–Crippen MR) is 87.1 cm³/mol. The number of hydrogen-bond acceptors (Lipinski definition) is 4. The summed E-state index contributed by atoms with van der Waals surface area (Å²) in [5.41, 5.74) is 0.494. The van der Waals surface area contributed by atoms with Crippen LogP contribution in [0.3, 0.4) is 0 Å². The number of nitrogens with one attached hydrogen (secondary N) is 1. The number of rotatable bonds is 4. The Morgan fingerprint density at radius 2 is 1.92 bits per heavy atom. The first-order valence-electron chi connectivity index (χ1n) is 6.68. The molecule has 2 aromatic rings. The van der Waals surface area contributed by atoms with Crippen LogP contribution in [0.4, 0.5) is 10.1 Å². The number of β-lactam (4-membered cyclic amide) rings is 1. The third kappa shape index (κ3) is 3.23. The number of amides is 1. The molecular weight excluding hydrogens is 380 g/mol. The van der Waals surface area contributed by atoms with E-state index in [0.717, 1.165) is 12.3 Å². The van der Waals surface area contributed by atoms with Crippen molar-refractivity contribution in [1.82, 2.24) is 9.71 Å². The lowest BCUT2D eigenvalue weighted by Crippen LogP contribution is -2.64. The second-order valence-corrected chi connectivity index (χ2v) is 7.52. The number of carbonyl (C=O) groups excluding carboxylic acids is 1. The van der Waals surface area contributed by atoms with Crippen LogP contribution in [-0.2, 0) is 14.8 Å². The summed E-state index contributed by atoms with van der Waals surface area (Å²) in [5, 5.41) is -0.0229. The summed E-state index contributed by atoms with van der Waals surface area (Å²) in [4.78, 5) is 16.9. The Morgan fingerprint density at radius 1 is 1.25 bits per heavy atom. The fourth-order valence-electron chi connectivity index (χ4n) is 2.17. The zero-order valence-corrected chi connectivity index (χ0v) is 14.2. The van der Waals surface area contributed by atoms with Crippen molar-refractivity contribution in [2.45, 2.75) is 10.9 Å². The molecule has 0 spiro atoms. The second-order valence-electron chi connectivity index (χ2n) is 5.04. The molecule has 1 saturated heterocycles. The van der Waals surface area contributed by atoms with E-state index in [-0.39, 0.29) is 21.6 Å². The van der Waals surface area contributed by atoms with Gasteiger partial charge >= 0.3 is 0 Å². The number of carbonyl (C=O) groups is 1. The Hall–Kier alpha value is -1.74. The molecule has 0 bridgehead atoms. The van der Waals surface area contributed by atoms with Crippen LogP contribution in [-0.4, -0.2) is 31.9 Å². The maximum absolute atomic E-state index is 12.9. The number of nitrogens with zero attached hydrogens (tertiary/aromatic N) is 2. The SMILES string of the molecule is O=C1[C@H](NS(=O)(=O)c2cnc(Cl)c(Cl)c2)CN1c1ccc(F)cc1. The van der Waals surface area contributed by atoms with Gasteiger partial charge in [-0.3, -0.25) is 4.79 Å². The van der Waals surface area contributed by atoms with Crippen molar-refractivity contribution in [2.75, 3.05) is 11.4 Å². The van der Waals surface area contributed by atoms with E-state index in [9.17, 15) is 17.6 Å². The number of benzene rings is 1. The quantitative estimate of drug-likeness (QED) is 0.642. The van der Waals surface area contributed by atoms with Gasteiger partial charge in [0.25, 0.3) is 0 Å². The lowest BCUT2D eigenvalue weighted by molar-refractivity contribution is -0.124. The van der Waals surface area contributed by atoms with E-state index in [0.29, 0.717) is 5.69 Å². The van der Waals surface area contributed by atoms with Crippen LogP contribution in [0.15, 0.2) is 41.4 Å². The minimum Gasteiger partial charge on any atom is -0.309 e. The van der Waals surface area contributed by atoms with E-state index in [2.05, 4.69) is 9.71 Å². The van der Waals surface area contributed by atoms with Crippen molar-refractivity contribution in [3.8, 4) is 0 Å². The number of sulfonamides is 1. The Kier molecular flexibility index (Phi) is 4.48. The molecule has 0 aliphatic carbocycles. The van der Waals surface area contributed by atoms with Crippen LogP contribution < -0.4 is 9.62 Å². The highest BCUT2D eigenvalue weighted by Crippen LogP contribution is 2.25. The highest BCUT2D eigenvalue weighted by molar-refractivity contribution is 7.89. The minimum absolute atomic E-state index is 0.00702. The highest BCUT2D eigenvalue weighted by Gasteiger charge is 2.40. The number of aromatic nitrogens is 1. The largest absolute Gasteiger partial charge is 0.309 e. The number of pyridine rings is 1. The second kappa shape index (κ2) is 6.29. The summed E-state index contributed by atoms with van der Waals surface area (Å²) in [6.45, 7) is 0.137. The first-order chi connectivity index (χ1) is 11.3. The average Bonchev–Trinajstić information content (AvgIpc) is 2.54. The monoisotopic (exact) mass is 389 g/mol. The van der Waals surface area contributed by atoms with Gasteiger partial charge in [-0.1, -0.05) is 23.2 Å². The molecule has 1 atom stereocenters. The summed E-state index contributed by atoms with van der Waals surface area (Å²) in [6, 6.07) is 5.58. The zero-order chi connectivity index (χ0) is 17.5. The van der Waals surface area contributed by atoms with Gasteiger partial charge in [-0.25, -0.2) is 17.8 Å². The Morgan fingerprint density at radius 3 is 2.50 bits per heavy atom. The van der Waals surface area contributed by atoms with E-state index in [1.807, 2.05) is 0 Å². The molecule has 6 nitrogen and oxygen atoms in total. The normalized spacial score (nSPS) is 17.7. The maximum atomic E-state index is 12.9. The van der Waals surface area contributed by atoms with Crippen molar-refractivity contribution in [3.63, 3.8) is 0 Å². The van der Waals surface area contributed by atoms with Gasteiger partial charge in [-0.05, 0) is 30.3 Å². The predicted octanol–water partition coefficient (Wildman–Crippen LogP) is 2.22. The van der Waals surface area contributed by atoms with E-state index in [1.54, 1.807) is 0 Å². The molecule has 3 rings (SSSR count). The van der Waals surface area contributed by atoms with Crippen LogP contribution in [0.2, 0.25) is 10.2 Å². The molecule has 126 valence electrons. The van der Waals surface area contributed by atoms with Crippen molar-refractivity contribution in [2.24, 2.45) is 0 Å². The molecule has 1 aliphatic rings. The van der Waals surface area contributed by atoms with Crippen LogP contribution >= 0.6 is 23.2 Å².